The zero-order chi connectivity index (χ0) is 19.2. The number of nitriles is 2. The van der Waals surface area contributed by atoms with Gasteiger partial charge < -0.3 is 15.2 Å². The Balaban J connectivity index is 2.37. The summed E-state index contributed by atoms with van der Waals surface area (Å²) in [6.45, 7) is 6.03. The summed E-state index contributed by atoms with van der Waals surface area (Å²) >= 11 is 6.21. The van der Waals surface area contributed by atoms with E-state index < -0.39 is 22.2 Å². The molecule has 1 aromatic carbocycles. The van der Waals surface area contributed by atoms with Gasteiger partial charge in [-0.1, -0.05) is 30.7 Å². The van der Waals surface area contributed by atoms with Crippen molar-refractivity contribution in [2.24, 2.45) is 21.6 Å². The molecule has 0 saturated heterocycles. The summed E-state index contributed by atoms with van der Waals surface area (Å²) in [6.07, 6.45) is 0.479. The van der Waals surface area contributed by atoms with Gasteiger partial charge in [-0.3, -0.25) is 0 Å². The third-order valence-corrected chi connectivity index (χ3v) is 6.00. The maximum atomic E-state index is 10.3. The maximum absolute atomic E-state index is 10.3. The van der Waals surface area contributed by atoms with Crippen LogP contribution >= 0.6 is 11.6 Å². The molecule has 0 radical (unpaired) electrons. The first-order chi connectivity index (χ1) is 12.4. The third-order valence-electron chi connectivity index (χ3n) is 5.77. The number of nitrogens with zero attached hydrogens (tertiary/aromatic N) is 3. The Labute approximate surface area is 158 Å². The summed E-state index contributed by atoms with van der Waals surface area (Å²) in [5.41, 5.74) is 3.38. The standard InChI is InChI=1S/C19H21ClN4O2/c1-4-16(13-8-7-9-14(20)10-13)17(11-21)15(23)24-19(25-5-2,26-6-3)18(16,17)12-22/h7-10H,4-6H2,1-3H3,(H2,23,24)/t16-,17-,18+/m0/s1. The normalized spacial score (nSPS) is 33.7. The van der Waals surface area contributed by atoms with Crippen molar-refractivity contribution in [3.05, 3.63) is 34.9 Å². The molecule has 7 heteroatoms. The molecule has 6 nitrogen and oxygen atoms in total. The number of nitrogens with two attached hydrogens (primary N) is 1. The highest BCUT2D eigenvalue weighted by Gasteiger charge is 3.00. The monoisotopic (exact) mass is 372 g/mol. The summed E-state index contributed by atoms with van der Waals surface area (Å²) in [5, 5.41) is 21.1. The molecule has 0 unspecified atom stereocenters. The number of fused-ring (bicyclic) bond motifs is 1. The quantitative estimate of drug-likeness (QED) is 0.772. The van der Waals surface area contributed by atoms with Crippen molar-refractivity contribution in [3.8, 4) is 12.1 Å². The van der Waals surface area contributed by atoms with E-state index in [1.165, 1.54) is 0 Å². The highest BCUT2D eigenvalue weighted by molar-refractivity contribution is 6.30. The lowest BCUT2D eigenvalue weighted by molar-refractivity contribution is -0.258. The zero-order valence-corrected chi connectivity index (χ0v) is 15.8. The van der Waals surface area contributed by atoms with Crippen LogP contribution in [-0.2, 0) is 14.9 Å². The first kappa shape index (κ1) is 18.7. The molecule has 2 aliphatic rings. The Bertz CT molecular complexity index is 852. The van der Waals surface area contributed by atoms with E-state index in [-0.39, 0.29) is 19.0 Å². The predicted octanol–water partition coefficient (Wildman–Crippen LogP) is 3.12. The van der Waals surface area contributed by atoms with Crippen LogP contribution in [-0.4, -0.2) is 25.0 Å². The second-order valence-corrected chi connectivity index (χ2v) is 6.87. The van der Waals surface area contributed by atoms with Crippen LogP contribution in [0.4, 0.5) is 0 Å². The molecule has 1 aromatic rings. The van der Waals surface area contributed by atoms with Gasteiger partial charge in [0.15, 0.2) is 10.8 Å². The van der Waals surface area contributed by atoms with Gasteiger partial charge in [-0.15, -0.1) is 0 Å². The van der Waals surface area contributed by atoms with E-state index in [0.29, 0.717) is 11.4 Å². The molecule has 3 atom stereocenters. The molecule has 3 rings (SSSR count). The Hall–Kier alpha value is -2.12. The number of halogens is 1. The molecule has 1 saturated carbocycles. The number of hydrogen-bond donors (Lipinski definition) is 1. The summed E-state index contributed by atoms with van der Waals surface area (Å²) in [7, 11) is 0. The lowest BCUT2D eigenvalue weighted by atomic mass is 9.80. The summed E-state index contributed by atoms with van der Waals surface area (Å²) in [6, 6.07) is 11.8. The summed E-state index contributed by atoms with van der Waals surface area (Å²) in [4.78, 5) is 4.38. The van der Waals surface area contributed by atoms with Crippen LogP contribution in [0.25, 0.3) is 0 Å². The molecule has 1 aliphatic heterocycles. The van der Waals surface area contributed by atoms with E-state index in [9.17, 15) is 10.5 Å². The van der Waals surface area contributed by atoms with E-state index in [1.54, 1.807) is 32.0 Å². The van der Waals surface area contributed by atoms with Crippen LogP contribution in [0.2, 0.25) is 5.02 Å². The Morgan fingerprint density at radius 2 is 1.81 bits per heavy atom. The molecule has 0 bridgehead atoms. The van der Waals surface area contributed by atoms with E-state index in [1.807, 2.05) is 13.0 Å². The Morgan fingerprint density at radius 3 is 2.27 bits per heavy atom. The number of amidine groups is 1. The first-order valence-electron chi connectivity index (χ1n) is 8.65. The van der Waals surface area contributed by atoms with Gasteiger partial charge in [0, 0.05) is 18.2 Å². The molecule has 1 aliphatic carbocycles. The zero-order valence-electron chi connectivity index (χ0n) is 15.0. The minimum atomic E-state index is -1.62. The molecule has 2 N–H and O–H groups in total. The number of hydrogen-bond acceptors (Lipinski definition) is 6. The van der Waals surface area contributed by atoms with Gasteiger partial charge in [0.2, 0.25) is 0 Å². The second-order valence-electron chi connectivity index (χ2n) is 6.44. The van der Waals surface area contributed by atoms with E-state index >= 15 is 0 Å². The maximum Gasteiger partial charge on any atom is 0.293 e. The molecule has 1 fully saturated rings. The van der Waals surface area contributed by atoms with Gasteiger partial charge in [0.25, 0.3) is 5.91 Å². The fourth-order valence-electron chi connectivity index (χ4n) is 4.99. The molecule has 136 valence electrons. The van der Waals surface area contributed by atoms with E-state index in [2.05, 4.69) is 17.1 Å². The van der Waals surface area contributed by atoms with Crippen molar-refractivity contribution >= 4 is 17.4 Å². The number of ether oxygens (including phenoxy) is 2. The van der Waals surface area contributed by atoms with E-state index in [4.69, 9.17) is 26.8 Å². The number of aliphatic imine (C=N–C) groups is 1. The van der Waals surface area contributed by atoms with Crippen molar-refractivity contribution < 1.29 is 9.47 Å². The van der Waals surface area contributed by atoms with Crippen LogP contribution in [0.5, 0.6) is 0 Å². The van der Waals surface area contributed by atoms with Crippen LogP contribution in [0.3, 0.4) is 0 Å². The SMILES string of the molecule is CCOC1(OCC)N=C(N)[C@@]2(C#N)[C@](CC)(c3cccc(Cl)c3)[C@@]12C#N. The smallest absolute Gasteiger partial charge is 0.293 e. The van der Waals surface area contributed by atoms with Gasteiger partial charge in [0.1, 0.15) is 5.84 Å². The summed E-state index contributed by atoms with van der Waals surface area (Å²) < 4.78 is 11.8. The minimum absolute atomic E-state index is 0.0743. The Kier molecular flexibility index (Phi) is 4.28. The highest BCUT2D eigenvalue weighted by Crippen LogP contribution is 2.86. The largest absolute Gasteiger partial charge is 0.386 e. The van der Waals surface area contributed by atoms with Gasteiger partial charge in [-0.05, 0) is 38.0 Å². The van der Waals surface area contributed by atoms with Crippen LogP contribution in [0, 0.1) is 33.5 Å². The van der Waals surface area contributed by atoms with Crippen molar-refractivity contribution in [2.75, 3.05) is 13.2 Å². The average molecular weight is 373 g/mol. The van der Waals surface area contributed by atoms with Crippen molar-refractivity contribution in [3.63, 3.8) is 0 Å². The lowest BCUT2D eigenvalue weighted by Crippen LogP contribution is -2.46. The molecular weight excluding hydrogens is 352 g/mol. The van der Waals surface area contributed by atoms with Crippen molar-refractivity contribution in [2.45, 2.75) is 38.5 Å². The van der Waals surface area contributed by atoms with Crippen molar-refractivity contribution in [1.29, 1.82) is 10.5 Å². The lowest BCUT2D eigenvalue weighted by Gasteiger charge is -2.35. The molecule has 0 spiro atoms. The Morgan fingerprint density at radius 1 is 1.15 bits per heavy atom. The van der Waals surface area contributed by atoms with Gasteiger partial charge in [-0.25, -0.2) is 4.99 Å². The molecule has 0 aromatic heterocycles. The topological polar surface area (TPSA) is 104 Å². The van der Waals surface area contributed by atoms with Crippen molar-refractivity contribution in [1.82, 2.24) is 0 Å². The van der Waals surface area contributed by atoms with Crippen LogP contribution in [0.15, 0.2) is 29.3 Å². The van der Waals surface area contributed by atoms with Crippen LogP contribution < -0.4 is 5.73 Å². The fourth-order valence-corrected chi connectivity index (χ4v) is 5.18. The number of benzene rings is 1. The third kappa shape index (κ3) is 1.66. The molecular formula is C19H21ClN4O2. The fraction of sp³-hybridized carbons (Fsp3) is 0.526. The predicted molar refractivity (Wildman–Crippen MR) is 97.1 cm³/mol. The van der Waals surface area contributed by atoms with Gasteiger partial charge >= 0.3 is 0 Å². The molecule has 0 amide bonds. The highest BCUT2D eigenvalue weighted by atomic mass is 35.5. The molecule has 1 heterocycles. The van der Waals surface area contributed by atoms with Gasteiger partial charge in [0.05, 0.1) is 17.6 Å². The van der Waals surface area contributed by atoms with Gasteiger partial charge in [-0.2, -0.15) is 10.5 Å². The first-order valence-corrected chi connectivity index (χ1v) is 9.03. The summed E-state index contributed by atoms with van der Waals surface area (Å²) in [5.74, 6) is -1.55. The minimum Gasteiger partial charge on any atom is -0.386 e. The number of rotatable bonds is 6. The van der Waals surface area contributed by atoms with E-state index in [0.717, 1.165) is 5.56 Å². The van der Waals surface area contributed by atoms with Crippen LogP contribution in [0.1, 0.15) is 32.8 Å². The molecule has 26 heavy (non-hydrogen) atoms. The second kappa shape index (κ2) is 5.96. The average Bonchev–Trinajstić information content (AvgIpc) is 3.13.